The van der Waals surface area contributed by atoms with E-state index in [-0.39, 0.29) is 17.7 Å². The summed E-state index contributed by atoms with van der Waals surface area (Å²) < 4.78 is 9.22. The number of nitrogen functional groups attached to an aromatic ring is 1. The normalized spacial score (nSPS) is 11.2. The van der Waals surface area contributed by atoms with Crippen molar-refractivity contribution in [2.75, 3.05) is 5.73 Å². The minimum absolute atomic E-state index is 0.117. The maximum absolute atomic E-state index is 12.5. The fraction of sp³-hybridized carbons (Fsp3) is 0.111. The second kappa shape index (κ2) is 6.51. The number of hydrogen-bond acceptors (Lipinski definition) is 6. The predicted molar refractivity (Wildman–Crippen MR) is 103 cm³/mol. The Morgan fingerprint density at radius 2 is 2.00 bits per heavy atom. The van der Waals surface area contributed by atoms with E-state index in [4.69, 9.17) is 10.5 Å². The molecule has 9 heteroatoms. The first-order valence-corrected chi connectivity index (χ1v) is 8.80. The molecule has 0 unspecified atom stereocenters. The maximum Gasteiger partial charge on any atom is 0.340 e. The van der Waals surface area contributed by atoms with E-state index >= 15 is 0 Å². The van der Waals surface area contributed by atoms with Crippen LogP contribution in [0.5, 0.6) is 0 Å². The van der Waals surface area contributed by atoms with Gasteiger partial charge in [0, 0.05) is 17.2 Å². The van der Waals surface area contributed by atoms with Crippen LogP contribution in [-0.2, 0) is 18.4 Å². The van der Waals surface area contributed by atoms with Crippen LogP contribution in [-0.4, -0.2) is 25.1 Å². The number of fused-ring (bicyclic) bond motifs is 3. The summed E-state index contributed by atoms with van der Waals surface area (Å²) >= 11 is 3.31. The number of anilines is 1. The van der Waals surface area contributed by atoms with Gasteiger partial charge in [-0.1, -0.05) is 28.1 Å². The van der Waals surface area contributed by atoms with Crippen LogP contribution in [0.15, 0.2) is 51.7 Å². The third kappa shape index (κ3) is 2.85. The highest BCUT2D eigenvalue weighted by Crippen LogP contribution is 2.20. The fourth-order valence-electron chi connectivity index (χ4n) is 2.90. The van der Waals surface area contributed by atoms with Crippen molar-refractivity contribution in [3.8, 4) is 0 Å². The van der Waals surface area contributed by atoms with Gasteiger partial charge in [-0.25, -0.2) is 4.79 Å². The molecule has 0 atom stereocenters. The summed E-state index contributed by atoms with van der Waals surface area (Å²) in [6.45, 7) is -0.117. The van der Waals surface area contributed by atoms with Gasteiger partial charge in [0.2, 0.25) is 5.78 Å². The predicted octanol–water partition coefficient (Wildman–Crippen LogP) is 2.28. The molecule has 2 aromatic heterocycles. The lowest BCUT2D eigenvalue weighted by atomic mass is 10.2. The Labute approximate surface area is 161 Å². The third-order valence-corrected chi connectivity index (χ3v) is 4.75. The van der Waals surface area contributed by atoms with E-state index in [0.717, 1.165) is 4.47 Å². The smallest absolute Gasteiger partial charge is 0.340 e. The summed E-state index contributed by atoms with van der Waals surface area (Å²) in [5, 5.41) is 8.68. The summed E-state index contributed by atoms with van der Waals surface area (Å²) in [4.78, 5) is 24.8. The van der Waals surface area contributed by atoms with Gasteiger partial charge in [-0.15, -0.1) is 10.2 Å². The molecule has 0 amide bonds. The molecule has 0 fully saturated rings. The molecule has 27 heavy (non-hydrogen) atoms. The lowest BCUT2D eigenvalue weighted by Gasteiger charge is -2.09. The van der Waals surface area contributed by atoms with Crippen molar-refractivity contribution in [3.05, 3.63) is 68.7 Å². The number of carbonyl (C=O) groups is 1. The Morgan fingerprint density at radius 1 is 1.22 bits per heavy atom. The molecule has 0 bridgehead atoms. The van der Waals surface area contributed by atoms with E-state index in [1.165, 1.54) is 4.57 Å². The number of hydrogen-bond donors (Lipinski definition) is 1. The summed E-state index contributed by atoms with van der Waals surface area (Å²) in [5.74, 6) is 0.199. The van der Waals surface area contributed by atoms with Crippen molar-refractivity contribution in [2.45, 2.75) is 6.61 Å². The molecule has 4 rings (SSSR count). The van der Waals surface area contributed by atoms with E-state index < -0.39 is 5.97 Å². The van der Waals surface area contributed by atoms with Crippen LogP contribution in [0.2, 0.25) is 0 Å². The van der Waals surface area contributed by atoms with Gasteiger partial charge < -0.3 is 10.5 Å². The molecular formula is C18H14BrN5O3. The van der Waals surface area contributed by atoms with Crippen molar-refractivity contribution in [2.24, 2.45) is 7.05 Å². The number of ether oxygens (including phenoxy) is 1. The molecule has 8 nitrogen and oxygen atoms in total. The molecule has 0 radical (unpaired) electrons. The molecule has 136 valence electrons. The first-order valence-electron chi connectivity index (χ1n) is 8.01. The van der Waals surface area contributed by atoms with Crippen molar-refractivity contribution in [3.63, 3.8) is 0 Å². The minimum atomic E-state index is -0.570. The molecule has 2 heterocycles. The molecular weight excluding hydrogens is 414 g/mol. The fourth-order valence-corrected chi connectivity index (χ4v) is 3.26. The number of aromatic nitrogens is 4. The van der Waals surface area contributed by atoms with Crippen LogP contribution in [0.4, 0.5) is 5.69 Å². The Bertz CT molecular complexity index is 1260. The Morgan fingerprint density at radius 3 is 2.81 bits per heavy atom. The summed E-state index contributed by atoms with van der Waals surface area (Å²) in [7, 11) is 1.62. The van der Waals surface area contributed by atoms with Crippen LogP contribution in [0, 0.1) is 0 Å². The van der Waals surface area contributed by atoms with Crippen molar-refractivity contribution in [1.29, 1.82) is 0 Å². The number of nitrogens with zero attached hydrogens (tertiary/aromatic N) is 4. The zero-order valence-corrected chi connectivity index (χ0v) is 15.8. The van der Waals surface area contributed by atoms with Crippen LogP contribution in [0.1, 0.15) is 16.2 Å². The topological polar surface area (TPSA) is 105 Å². The van der Waals surface area contributed by atoms with Gasteiger partial charge in [0.25, 0.3) is 5.56 Å². The zero-order chi connectivity index (χ0) is 19.1. The number of carbonyl (C=O) groups excluding carboxylic acids is 1. The standard InChI is InChI=1S/C18H14BrN5O3/c1-23-16(25)11-4-2-3-5-14(11)24-15(21-22-18(23)24)9-27-17(26)12-8-10(19)6-7-13(12)20/h2-8H,9,20H2,1H3. The molecule has 4 aromatic rings. The molecule has 2 aromatic carbocycles. The summed E-state index contributed by atoms with van der Waals surface area (Å²) in [5.41, 5.74) is 6.91. The van der Waals surface area contributed by atoms with Gasteiger partial charge in [0.15, 0.2) is 12.4 Å². The maximum atomic E-state index is 12.5. The number of para-hydroxylation sites is 1. The number of halogens is 1. The second-order valence-corrected chi connectivity index (χ2v) is 6.86. The Kier molecular flexibility index (Phi) is 4.15. The molecule has 0 aliphatic carbocycles. The number of aryl methyl sites for hydroxylation is 1. The highest BCUT2D eigenvalue weighted by atomic mass is 79.9. The van der Waals surface area contributed by atoms with Crippen molar-refractivity contribution < 1.29 is 9.53 Å². The molecule has 0 saturated heterocycles. The largest absolute Gasteiger partial charge is 0.454 e. The minimum Gasteiger partial charge on any atom is -0.454 e. The van der Waals surface area contributed by atoms with E-state index in [2.05, 4.69) is 26.1 Å². The van der Waals surface area contributed by atoms with E-state index in [1.54, 1.807) is 47.8 Å². The van der Waals surface area contributed by atoms with E-state index in [9.17, 15) is 9.59 Å². The van der Waals surface area contributed by atoms with Crippen molar-refractivity contribution >= 4 is 44.3 Å². The molecule has 2 N–H and O–H groups in total. The average molecular weight is 428 g/mol. The first-order chi connectivity index (χ1) is 13.0. The lowest BCUT2D eigenvalue weighted by Crippen LogP contribution is -2.20. The van der Waals surface area contributed by atoms with Gasteiger partial charge >= 0.3 is 5.97 Å². The lowest BCUT2D eigenvalue weighted by molar-refractivity contribution is 0.0462. The van der Waals surface area contributed by atoms with Crippen LogP contribution in [0.3, 0.4) is 0 Å². The molecule has 0 saturated carbocycles. The van der Waals surface area contributed by atoms with Gasteiger partial charge in [-0.3, -0.25) is 13.8 Å². The van der Waals surface area contributed by atoms with Crippen LogP contribution in [0.25, 0.3) is 16.7 Å². The molecule has 0 aliphatic heterocycles. The second-order valence-electron chi connectivity index (χ2n) is 5.94. The van der Waals surface area contributed by atoms with E-state index in [1.807, 2.05) is 6.07 Å². The highest BCUT2D eigenvalue weighted by molar-refractivity contribution is 9.10. The third-order valence-electron chi connectivity index (χ3n) is 4.26. The number of nitrogens with two attached hydrogens (primary N) is 1. The summed E-state index contributed by atoms with van der Waals surface area (Å²) in [6, 6.07) is 12.1. The van der Waals surface area contributed by atoms with Gasteiger partial charge in [-0.05, 0) is 30.3 Å². The SMILES string of the molecule is Cn1c(=O)c2ccccc2n2c(COC(=O)c3cc(Br)ccc3N)nnc12. The van der Waals surface area contributed by atoms with Crippen LogP contribution >= 0.6 is 15.9 Å². The zero-order valence-electron chi connectivity index (χ0n) is 14.2. The Balaban J connectivity index is 1.74. The number of esters is 1. The first kappa shape index (κ1) is 17.2. The monoisotopic (exact) mass is 427 g/mol. The van der Waals surface area contributed by atoms with Crippen molar-refractivity contribution in [1.82, 2.24) is 19.2 Å². The number of rotatable bonds is 3. The highest BCUT2D eigenvalue weighted by Gasteiger charge is 2.17. The van der Waals surface area contributed by atoms with Gasteiger partial charge in [-0.2, -0.15) is 0 Å². The number of benzene rings is 2. The molecule has 0 spiro atoms. The van der Waals surface area contributed by atoms with Gasteiger partial charge in [0.05, 0.1) is 16.5 Å². The molecule has 0 aliphatic rings. The van der Waals surface area contributed by atoms with Crippen LogP contribution < -0.4 is 11.3 Å². The quantitative estimate of drug-likeness (QED) is 0.397. The summed E-state index contributed by atoms with van der Waals surface area (Å²) in [6.07, 6.45) is 0. The Hall–Kier alpha value is -3.20. The van der Waals surface area contributed by atoms with Gasteiger partial charge in [0.1, 0.15) is 0 Å². The average Bonchev–Trinajstić information content (AvgIpc) is 3.10. The van der Waals surface area contributed by atoms with E-state index in [0.29, 0.717) is 28.2 Å².